The molecule has 1 aromatic carbocycles. The SMILES string of the molecule is CCCc1noc(CCCC(=O)N2CCN(C3CC3)c3c(C)cccc32)n1. The zero-order valence-corrected chi connectivity index (χ0v) is 16.3. The van der Waals surface area contributed by atoms with Crippen LogP contribution in [0.3, 0.4) is 0 Å². The minimum atomic E-state index is 0.186. The lowest BCUT2D eigenvalue weighted by atomic mass is 10.1. The van der Waals surface area contributed by atoms with Gasteiger partial charge in [-0.25, -0.2) is 0 Å². The Morgan fingerprint density at radius 2 is 2.11 bits per heavy atom. The molecular formula is C21H28N4O2. The van der Waals surface area contributed by atoms with E-state index < -0.39 is 0 Å². The van der Waals surface area contributed by atoms with Crippen LogP contribution in [0.25, 0.3) is 0 Å². The number of aromatic nitrogens is 2. The first-order valence-electron chi connectivity index (χ1n) is 10.2. The van der Waals surface area contributed by atoms with Crippen molar-refractivity contribution in [1.82, 2.24) is 10.1 Å². The van der Waals surface area contributed by atoms with Gasteiger partial charge in [0.1, 0.15) is 0 Å². The van der Waals surface area contributed by atoms with E-state index in [9.17, 15) is 4.79 Å². The molecule has 0 N–H and O–H groups in total. The van der Waals surface area contributed by atoms with E-state index in [0.29, 0.717) is 24.8 Å². The van der Waals surface area contributed by atoms with Gasteiger partial charge in [-0.3, -0.25) is 4.79 Å². The highest BCUT2D eigenvalue weighted by atomic mass is 16.5. The van der Waals surface area contributed by atoms with Crippen LogP contribution in [0.5, 0.6) is 0 Å². The van der Waals surface area contributed by atoms with Crippen LogP contribution in [-0.2, 0) is 17.6 Å². The zero-order valence-electron chi connectivity index (χ0n) is 16.3. The summed E-state index contributed by atoms with van der Waals surface area (Å²) >= 11 is 0. The molecule has 1 aliphatic carbocycles. The van der Waals surface area contributed by atoms with Crippen LogP contribution in [0.4, 0.5) is 11.4 Å². The minimum Gasteiger partial charge on any atom is -0.365 e. The molecule has 144 valence electrons. The Balaban J connectivity index is 1.40. The summed E-state index contributed by atoms with van der Waals surface area (Å²) in [5, 5.41) is 3.98. The van der Waals surface area contributed by atoms with Gasteiger partial charge >= 0.3 is 0 Å². The largest absolute Gasteiger partial charge is 0.365 e. The summed E-state index contributed by atoms with van der Waals surface area (Å²) in [6.45, 7) is 5.94. The van der Waals surface area contributed by atoms with Crippen molar-refractivity contribution < 1.29 is 9.32 Å². The number of anilines is 2. The number of carbonyl (C=O) groups is 1. The molecule has 1 aliphatic heterocycles. The standard InChI is InChI=1S/C21H28N4O2/c1-3-6-18-22-19(27-23-18)9-5-10-20(26)25-14-13-24(16-11-12-16)21-15(2)7-4-8-17(21)25/h4,7-8,16H,3,5-6,9-14H2,1-2H3. The Kier molecular flexibility index (Phi) is 5.14. The zero-order chi connectivity index (χ0) is 18.8. The van der Waals surface area contributed by atoms with E-state index in [1.54, 1.807) is 0 Å². The Bertz CT molecular complexity index is 812. The third-order valence-corrected chi connectivity index (χ3v) is 5.41. The number of aryl methyl sites for hydroxylation is 3. The van der Waals surface area contributed by atoms with Crippen molar-refractivity contribution in [3.05, 3.63) is 35.5 Å². The molecule has 6 nitrogen and oxygen atoms in total. The summed E-state index contributed by atoms with van der Waals surface area (Å²) in [5.41, 5.74) is 3.58. The number of carbonyl (C=O) groups excluding carboxylic acids is 1. The number of amides is 1. The molecule has 0 saturated heterocycles. The quantitative estimate of drug-likeness (QED) is 0.746. The third kappa shape index (κ3) is 3.84. The first kappa shape index (κ1) is 18.0. The molecule has 2 aromatic rings. The Hall–Kier alpha value is -2.37. The Morgan fingerprint density at radius 1 is 1.26 bits per heavy atom. The van der Waals surface area contributed by atoms with E-state index in [-0.39, 0.29) is 5.91 Å². The Labute approximate surface area is 160 Å². The molecule has 1 saturated carbocycles. The number of rotatable bonds is 7. The van der Waals surface area contributed by atoms with Crippen LogP contribution in [0.2, 0.25) is 0 Å². The van der Waals surface area contributed by atoms with E-state index in [0.717, 1.165) is 43.9 Å². The number of hydrogen-bond donors (Lipinski definition) is 0. The summed E-state index contributed by atoms with van der Waals surface area (Å²) < 4.78 is 5.27. The maximum Gasteiger partial charge on any atom is 0.227 e. The minimum absolute atomic E-state index is 0.186. The van der Waals surface area contributed by atoms with Crippen LogP contribution in [0, 0.1) is 6.92 Å². The van der Waals surface area contributed by atoms with Crippen molar-refractivity contribution in [1.29, 1.82) is 0 Å². The Morgan fingerprint density at radius 3 is 2.89 bits per heavy atom. The fourth-order valence-electron chi connectivity index (χ4n) is 3.93. The molecule has 2 heterocycles. The maximum atomic E-state index is 12.9. The van der Waals surface area contributed by atoms with Gasteiger partial charge in [0.25, 0.3) is 0 Å². The molecule has 27 heavy (non-hydrogen) atoms. The smallest absolute Gasteiger partial charge is 0.227 e. The second-order valence-electron chi connectivity index (χ2n) is 7.62. The predicted molar refractivity (Wildman–Crippen MR) is 105 cm³/mol. The highest BCUT2D eigenvalue weighted by Gasteiger charge is 2.36. The van der Waals surface area contributed by atoms with Gasteiger partial charge in [0.15, 0.2) is 5.82 Å². The van der Waals surface area contributed by atoms with Crippen LogP contribution in [-0.4, -0.2) is 35.2 Å². The fraction of sp³-hybridized carbons (Fsp3) is 0.571. The van der Waals surface area contributed by atoms with Gasteiger partial charge in [-0.05, 0) is 44.2 Å². The van der Waals surface area contributed by atoms with Crippen LogP contribution >= 0.6 is 0 Å². The number of para-hydroxylation sites is 1. The van der Waals surface area contributed by atoms with Gasteiger partial charge < -0.3 is 14.3 Å². The number of hydrogen-bond acceptors (Lipinski definition) is 5. The van der Waals surface area contributed by atoms with Gasteiger partial charge in [-0.1, -0.05) is 24.2 Å². The van der Waals surface area contributed by atoms with E-state index in [1.165, 1.54) is 24.1 Å². The van der Waals surface area contributed by atoms with Crippen LogP contribution in [0.1, 0.15) is 56.3 Å². The molecule has 0 spiro atoms. The molecular weight excluding hydrogens is 340 g/mol. The van der Waals surface area contributed by atoms with Crippen LogP contribution in [0.15, 0.2) is 22.7 Å². The third-order valence-electron chi connectivity index (χ3n) is 5.41. The number of fused-ring (bicyclic) bond motifs is 1. The van der Waals surface area contributed by atoms with Gasteiger partial charge in [-0.15, -0.1) is 0 Å². The fourth-order valence-corrected chi connectivity index (χ4v) is 3.93. The molecule has 0 atom stereocenters. The molecule has 1 fully saturated rings. The van der Waals surface area contributed by atoms with E-state index >= 15 is 0 Å². The lowest BCUT2D eigenvalue weighted by Gasteiger charge is -2.39. The predicted octanol–water partition coefficient (Wildman–Crippen LogP) is 3.67. The lowest BCUT2D eigenvalue weighted by Crippen LogP contribution is -2.45. The molecule has 4 rings (SSSR count). The molecule has 1 amide bonds. The average Bonchev–Trinajstić information content (AvgIpc) is 3.42. The summed E-state index contributed by atoms with van der Waals surface area (Å²) in [5.74, 6) is 1.59. The molecule has 1 aromatic heterocycles. The van der Waals surface area contributed by atoms with E-state index in [1.807, 2.05) is 4.90 Å². The second-order valence-corrected chi connectivity index (χ2v) is 7.62. The van der Waals surface area contributed by atoms with E-state index in [2.05, 4.69) is 47.1 Å². The summed E-state index contributed by atoms with van der Waals surface area (Å²) in [4.78, 5) is 21.8. The van der Waals surface area contributed by atoms with Gasteiger partial charge in [0.05, 0.1) is 11.4 Å². The number of nitrogens with zero attached hydrogens (tertiary/aromatic N) is 4. The normalized spacial score (nSPS) is 16.5. The highest BCUT2D eigenvalue weighted by Crippen LogP contribution is 2.42. The van der Waals surface area contributed by atoms with Crippen molar-refractivity contribution in [3.63, 3.8) is 0 Å². The van der Waals surface area contributed by atoms with Crippen molar-refractivity contribution >= 4 is 17.3 Å². The summed E-state index contributed by atoms with van der Waals surface area (Å²) in [6.07, 6.45) is 6.27. The van der Waals surface area contributed by atoms with Crippen molar-refractivity contribution in [2.24, 2.45) is 0 Å². The average molecular weight is 368 g/mol. The molecule has 6 heteroatoms. The van der Waals surface area contributed by atoms with Gasteiger partial charge in [0.2, 0.25) is 11.8 Å². The maximum absolute atomic E-state index is 12.9. The highest BCUT2D eigenvalue weighted by molar-refractivity contribution is 5.98. The van der Waals surface area contributed by atoms with Crippen molar-refractivity contribution in [3.8, 4) is 0 Å². The lowest BCUT2D eigenvalue weighted by molar-refractivity contribution is -0.118. The molecule has 0 bridgehead atoms. The summed E-state index contributed by atoms with van der Waals surface area (Å²) in [6, 6.07) is 6.95. The van der Waals surface area contributed by atoms with Crippen molar-refractivity contribution in [2.75, 3.05) is 22.9 Å². The van der Waals surface area contributed by atoms with Gasteiger partial charge in [-0.2, -0.15) is 4.98 Å². The first-order valence-corrected chi connectivity index (χ1v) is 10.2. The van der Waals surface area contributed by atoms with Crippen LogP contribution < -0.4 is 9.80 Å². The van der Waals surface area contributed by atoms with E-state index in [4.69, 9.17) is 4.52 Å². The van der Waals surface area contributed by atoms with Gasteiger partial charge in [0, 0.05) is 38.4 Å². The number of benzene rings is 1. The van der Waals surface area contributed by atoms with Crippen molar-refractivity contribution in [2.45, 2.75) is 64.8 Å². The molecule has 0 radical (unpaired) electrons. The topological polar surface area (TPSA) is 62.5 Å². The molecule has 0 unspecified atom stereocenters. The first-order chi connectivity index (χ1) is 13.2. The second kappa shape index (κ2) is 7.71. The summed E-state index contributed by atoms with van der Waals surface area (Å²) in [7, 11) is 0. The monoisotopic (exact) mass is 368 g/mol. The molecule has 2 aliphatic rings.